The van der Waals surface area contributed by atoms with E-state index in [4.69, 9.17) is 4.74 Å². The number of nitrogens with one attached hydrogen (secondary N) is 1. The highest BCUT2D eigenvalue weighted by Crippen LogP contribution is 2.33. The largest absolute Gasteiger partial charge is 0.495 e. The standard InChI is InChI=1S/C12H18N2O/c1-9(7-10-3-4-10)14-12-6-5-11(15-2)8-13-12/h5-6,8-10H,3-4,7H2,1-2H3,(H,13,14). The number of nitrogens with zero attached hydrogens (tertiary/aromatic N) is 1. The Bertz CT molecular complexity index is 306. The minimum Gasteiger partial charge on any atom is -0.495 e. The van der Waals surface area contributed by atoms with E-state index >= 15 is 0 Å². The first kappa shape index (κ1) is 10.3. The molecule has 15 heavy (non-hydrogen) atoms. The van der Waals surface area contributed by atoms with Gasteiger partial charge in [0.2, 0.25) is 0 Å². The average molecular weight is 206 g/mol. The van der Waals surface area contributed by atoms with Gasteiger partial charge in [0.1, 0.15) is 11.6 Å². The molecule has 1 unspecified atom stereocenters. The maximum absolute atomic E-state index is 5.06. The van der Waals surface area contributed by atoms with Crippen LogP contribution in [0.5, 0.6) is 5.75 Å². The van der Waals surface area contributed by atoms with Crippen molar-refractivity contribution in [3.05, 3.63) is 18.3 Å². The summed E-state index contributed by atoms with van der Waals surface area (Å²) in [5.41, 5.74) is 0. The Morgan fingerprint density at radius 2 is 2.33 bits per heavy atom. The molecule has 1 aromatic heterocycles. The van der Waals surface area contributed by atoms with Gasteiger partial charge in [-0.05, 0) is 31.4 Å². The monoisotopic (exact) mass is 206 g/mol. The van der Waals surface area contributed by atoms with Gasteiger partial charge in [-0.1, -0.05) is 12.8 Å². The second-order valence-corrected chi connectivity index (χ2v) is 4.31. The topological polar surface area (TPSA) is 34.1 Å². The van der Waals surface area contributed by atoms with Gasteiger partial charge in [-0.2, -0.15) is 0 Å². The molecule has 0 radical (unpaired) electrons. The molecule has 1 saturated carbocycles. The van der Waals surface area contributed by atoms with E-state index in [0.29, 0.717) is 6.04 Å². The summed E-state index contributed by atoms with van der Waals surface area (Å²) in [5, 5.41) is 3.40. The van der Waals surface area contributed by atoms with Crippen molar-refractivity contribution in [3.63, 3.8) is 0 Å². The first-order chi connectivity index (χ1) is 7.28. The van der Waals surface area contributed by atoms with Crippen molar-refractivity contribution < 1.29 is 4.74 Å². The second-order valence-electron chi connectivity index (χ2n) is 4.31. The predicted molar refractivity (Wildman–Crippen MR) is 61.2 cm³/mol. The van der Waals surface area contributed by atoms with Crippen LogP contribution in [-0.2, 0) is 0 Å². The maximum Gasteiger partial charge on any atom is 0.137 e. The third-order valence-corrected chi connectivity index (χ3v) is 2.75. The summed E-state index contributed by atoms with van der Waals surface area (Å²) in [7, 11) is 1.65. The van der Waals surface area contributed by atoms with Crippen LogP contribution in [-0.4, -0.2) is 18.1 Å². The van der Waals surface area contributed by atoms with Crippen molar-refractivity contribution >= 4 is 5.82 Å². The fourth-order valence-corrected chi connectivity index (χ4v) is 1.75. The zero-order valence-electron chi connectivity index (χ0n) is 9.36. The molecule has 0 spiro atoms. The molecule has 1 atom stereocenters. The van der Waals surface area contributed by atoms with E-state index in [1.165, 1.54) is 19.3 Å². The minimum absolute atomic E-state index is 0.512. The number of methoxy groups -OCH3 is 1. The Labute approximate surface area is 90.9 Å². The van der Waals surface area contributed by atoms with Crippen LogP contribution >= 0.6 is 0 Å². The smallest absolute Gasteiger partial charge is 0.137 e. The number of hydrogen-bond donors (Lipinski definition) is 1. The number of rotatable bonds is 5. The molecule has 0 aliphatic heterocycles. The van der Waals surface area contributed by atoms with Gasteiger partial charge in [-0.3, -0.25) is 0 Å². The molecule has 3 nitrogen and oxygen atoms in total. The molecular weight excluding hydrogens is 188 g/mol. The summed E-state index contributed by atoms with van der Waals surface area (Å²) in [5.74, 6) is 2.69. The Morgan fingerprint density at radius 3 is 2.87 bits per heavy atom. The van der Waals surface area contributed by atoms with Crippen molar-refractivity contribution in [1.82, 2.24) is 4.98 Å². The normalized spacial score (nSPS) is 17.2. The SMILES string of the molecule is COc1ccc(NC(C)CC2CC2)nc1. The molecule has 1 aliphatic carbocycles. The van der Waals surface area contributed by atoms with Crippen LogP contribution < -0.4 is 10.1 Å². The van der Waals surface area contributed by atoms with E-state index in [2.05, 4.69) is 17.2 Å². The van der Waals surface area contributed by atoms with Crippen LogP contribution in [0.2, 0.25) is 0 Å². The lowest BCUT2D eigenvalue weighted by Gasteiger charge is -2.13. The van der Waals surface area contributed by atoms with Crippen LogP contribution in [0.4, 0.5) is 5.82 Å². The molecule has 0 aromatic carbocycles. The summed E-state index contributed by atoms with van der Waals surface area (Å²) in [6.45, 7) is 2.21. The molecule has 1 fully saturated rings. The van der Waals surface area contributed by atoms with Gasteiger partial charge in [0.05, 0.1) is 13.3 Å². The number of aromatic nitrogens is 1. The van der Waals surface area contributed by atoms with Crippen molar-refractivity contribution in [2.24, 2.45) is 5.92 Å². The molecule has 82 valence electrons. The number of pyridine rings is 1. The van der Waals surface area contributed by atoms with E-state index in [0.717, 1.165) is 17.5 Å². The summed E-state index contributed by atoms with van der Waals surface area (Å²) >= 11 is 0. The first-order valence-corrected chi connectivity index (χ1v) is 5.54. The van der Waals surface area contributed by atoms with Gasteiger partial charge in [0, 0.05) is 6.04 Å². The summed E-state index contributed by atoms with van der Waals surface area (Å²) in [4.78, 5) is 4.28. The van der Waals surface area contributed by atoms with Crippen molar-refractivity contribution in [2.45, 2.75) is 32.2 Å². The molecule has 1 aliphatic rings. The Balaban J connectivity index is 1.85. The highest BCUT2D eigenvalue weighted by molar-refractivity contribution is 5.38. The van der Waals surface area contributed by atoms with Gasteiger partial charge in [0.15, 0.2) is 0 Å². The fourth-order valence-electron chi connectivity index (χ4n) is 1.75. The third-order valence-electron chi connectivity index (χ3n) is 2.75. The zero-order chi connectivity index (χ0) is 10.7. The molecule has 2 rings (SSSR count). The van der Waals surface area contributed by atoms with E-state index in [1.54, 1.807) is 13.3 Å². The van der Waals surface area contributed by atoms with E-state index in [-0.39, 0.29) is 0 Å². The molecule has 1 N–H and O–H groups in total. The Hall–Kier alpha value is -1.25. The van der Waals surface area contributed by atoms with Crippen LogP contribution in [0.3, 0.4) is 0 Å². The quantitative estimate of drug-likeness (QED) is 0.804. The minimum atomic E-state index is 0.512. The highest BCUT2D eigenvalue weighted by Gasteiger charge is 2.23. The predicted octanol–water partition coefficient (Wildman–Crippen LogP) is 2.69. The zero-order valence-corrected chi connectivity index (χ0v) is 9.36. The lowest BCUT2D eigenvalue weighted by molar-refractivity contribution is 0.413. The number of hydrogen-bond acceptors (Lipinski definition) is 3. The number of anilines is 1. The van der Waals surface area contributed by atoms with E-state index in [9.17, 15) is 0 Å². The summed E-state index contributed by atoms with van der Waals surface area (Å²) < 4.78 is 5.06. The van der Waals surface area contributed by atoms with Crippen molar-refractivity contribution in [3.8, 4) is 5.75 Å². The Morgan fingerprint density at radius 1 is 1.53 bits per heavy atom. The summed E-state index contributed by atoms with van der Waals surface area (Å²) in [6.07, 6.45) is 5.81. The average Bonchev–Trinajstić information content (AvgIpc) is 3.03. The van der Waals surface area contributed by atoms with Gasteiger partial charge < -0.3 is 10.1 Å². The Kier molecular flexibility index (Phi) is 3.09. The van der Waals surface area contributed by atoms with Crippen LogP contribution in [0.25, 0.3) is 0 Å². The lowest BCUT2D eigenvalue weighted by atomic mass is 10.1. The van der Waals surface area contributed by atoms with E-state index < -0.39 is 0 Å². The van der Waals surface area contributed by atoms with Gasteiger partial charge in [-0.15, -0.1) is 0 Å². The van der Waals surface area contributed by atoms with E-state index in [1.807, 2.05) is 12.1 Å². The first-order valence-electron chi connectivity index (χ1n) is 5.54. The molecular formula is C12H18N2O. The van der Waals surface area contributed by atoms with Crippen LogP contribution in [0.1, 0.15) is 26.2 Å². The van der Waals surface area contributed by atoms with Crippen molar-refractivity contribution in [1.29, 1.82) is 0 Å². The van der Waals surface area contributed by atoms with Crippen LogP contribution in [0.15, 0.2) is 18.3 Å². The highest BCUT2D eigenvalue weighted by atomic mass is 16.5. The van der Waals surface area contributed by atoms with Gasteiger partial charge in [0.25, 0.3) is 0 Å². The van der Waals surface area contributed by atoms with Crippen molar-refractivity contribution in [2.75, 3.05) is 12.4 Å². The fraction of sp³-hybridized carbons (Fsp3) is 0.583. The third kappa shape index (κ3) is 3.11. The van der Waals surface area contributed by atoms with Gasteiger partial charge in [-0.25, -0.2) is 4.98 Å². The molecule has 1 heterocycles. The molecule has 3 heteroatoms. The maximum atomic E-state index is 5.06. The van der Waals surface area contributed by atoms with Crippen LogP contribution in [0, 0.1) is 5.92 Å². The molecule has 0 bridgehead atoms. The summed E-state index contributed by atoms with van der Waals surface area (Å²) in [6, 6.07) is 4.40. The number of ether oxygens (including phenoxy) is 1. The molecule has 0 saturated heterocycles. The second kappa shape index (κ2) is 4.51. The molecule has 1 aromatic rings. The lowest BCUT2D eigenvalue weighted by Crippen LogP contribution is -2.16. The molecule has 0 amide bonds. The van der Waals surface area contributed by atoms with Gasteiger partial charge >= 0.3 is 0 Å².